The van der Waals surface area contributed by atoms with Crippen molar-refractivity contribution in [2.75, 3.05) is 10.7 Å². The first kappa shape index (κ1) is 20.0. The highest BCUT2D eigenvalue weighted by molar-refractivity contribution is 7.98. The molecular weight excluding hydrogens is 426 g/mol. The van der Waals surface area contributed by atoms with Crippen LogP contribution in [0.15, 0.2) is 71.8 Å². The summed E-state index contributed by atoms with van der Waals surface area (Å²) in [6.07, 6.45) is 2.41. The molecule has 0 bridgehead atoms. The number of nitrogens with zero attached hydrogens (tertiary/aromatic N) is 3. The van der Waals surface area contributed by atoms with Crippen molar-refractivity contribution in [2.45, 2.75) is 25.3 Å². The zero-order chi connectivity index (χ0) is 21.2. The van der Waals surface area contributed by atoms with Gasteiger partial charge in [0.2, 0.25) is 5.91 Å². The molecule has 1 amide bonds. The van der Waals surface area contributed by atoms with Gasteiger partial charge in [0, 0.05) is 16.3 Å². The van der Waals surface area contributed by atoms with E-state index < -0.39 is 0 Å². The van der Waals surface area contributed by atoms with E-state index >= 15 is 0 Å². The van der Waals surface area contributed by atoms with E-state index in [0.717, 1.165) is 39.6 Å². The average molecular weight is 448 g/mol. The number of carbonyl (C=O) groups excluding carboxylic acids is 1. The van der Waals surface area contributed by atoms with Crippen LogP contribution in [0.5, 0.6) is 0 Å². The summed E-state index contributed by atoms with van der Waals surface area (Å²) < 4.78 is 1.46. The van der Waals surface area contributed by atoms with E-state index in [1.54, 1.807) is 16.2 Å². The minimum Gasteiger partial charge on any atom is -0.306 e. The van der Waals surface area contributed by atoms with E-state index in [0.29, 0.717) is 11.9 Å². The van der Waals surface area contributed by atoms with E-state index in [2.05, 4.69) is 4.98 Å². The average Bonchev–Trinajstić information content (AvgIpc) is 3.20. The van der Waals surface area contributed by atoms with Crippen LogP contribution in [0.1, 0.15) is 16.0 Å². The molecule has 3 heterocycles. The number of para-hydroxylation sites is 1. The van der Waals surface area contributed by atoms with E-state index in [1.807, 2.05) is 72.4 Å². The molecule has 1 aliphatic rings. The van der Waals surface area contributed by atoms with Gasteiger partial charge in [-0.25, -0.2) is 4.98 Å². The minimum absolute atomic E-state index is 0.0388. The van der Waals surface area contributed by atoms with Crippen LogP contribution in [0, 0.1) is 0 Å². The third kappa shape index (κ3) is 4.03. The van der Waals surface area contributed by atoms with Gasteiger partial charge in [-0.05, 0) is 35.4 Å². The Morgan fingerprint density at radius 1 is 1.06 bits per heavy atom. The summed E-state index contributed by atoms with van der Waals surface area (Å²) in [6, 6.07) is 19.5. The summed E-state index contributed by atoms with van der Waals surface area (Å²) in [7, 11) is 0. The van der Waals surface area contributed by atoms with Crippen molar-refractivity contribution in [3.63, 3.8) is 0 Å². The van der Waals surface area contributed by atoms with Crippen molar-refractivity contribution in [1.29, 1.82) is 0 Å². The van der Waals surface area contributed by atoms with E-state index in [9.17, 15) is 9.59 Å². The maximum atomic E-state index is 13.4. The maximum Gasteiger partial charge on any atom is 0.262 e. The normalized spacial score (nSPS) is 13.2. The van der Waals surface area contributed by atoms with Gasteiger partial charge < -0.3 is 4.90 Å². The van der Waals surface area contributed by atoms with Crippen LogP contribution < -0.4 is 10.5 Å². The molecule has 31 heavy (non-hydrogen) atoms. The molecule has 5 nitrogen and oxygen atoms in total. The summed E-state index contributed by atoms with van der Waals surface area (Å²) in [5.74, 6) is 1.82. The number of anilines is 1. The SMILES string of the molecule is O=C(Cn1cnc2sc3c(c2c1=O)CCSC3)N(Cc1ccccc1)c1ccccc1. The molecule has 0 spiro atoms. The highest BCUT2D eigenvalue weighted by Gasteiger charge is 2.22. The van der Waals surface area contributed by atoms with Gasteiger partial charge in [-0.1, -0.05) is 48.5 Å². The number of fused-ring (bicyclic) bond motifs is 3. The lowest BCUT2D eigenvalue weighted by Gasteiger charge is -2.23. The molecule has 0 fully saturated rings. The first-order valence-electron chi connectivity index (χ1n) is 10.2. The molecule has 4 aromatic rings. The largest absolute Gasteiger partial charge is 0.306 e. The monoisotopic (exact) mass is 447 g/mol. The van der Waals surface area contributed by atoms with Gasteiger partial charge in [0.15, 0.2) is 0 Å². The zero-order valence-corrected chi connectivity index (χ0v) is 18.5. The van der Waals surface area contributed by atoms with Gasteiger partial charge in [-0.15, -0.1) is 11.3 Å². The quantitative estimate of drug-likeness (QED) is 0.453. The van der Waals surface area contributed by atoms with Crippen LogP contribution in [0.25, 0.3) is 10.2 Å². The Balaban J connectivity index is 1.48. The number of benzene rings is 2. The Kier molecular flexibility index (Phi) is 5.61. The maximum absolute atomic E-state index is 13.4. The fourth-order valence-corrected chi connectivity index (χ4v) is 6.20. The second kappa shape index (κ2) is 8.69. The summed E-state index contributed by atoms with van der Waals surface area (Å²) in [5.41, 5.74) is 2.85. The molecule has 0 N–H and O–H groups in total. The Hall–Kier alpha value is -2.90. The van der Waals surface area contributed by atoms with Crippen molar-refractivity contribution in [2.24, 2.45) is 0 Å². The van der Waals surface area contributed by atoms with E-state index in [-0.39, 0.29) is 18.0 Å². The summed E-state index contributed by atoms with van der Waals surface area (Å²) >= 11 is 3.49. The van der Waals surface area contributed by atoms with Crippen LogP contribution in [0.2, 0.25) is 0 Å². The molecule has 7 heteroatoms. The van der Waals surface area contributed by atoms with Crippen LogP contribution in [0.4, 0.5) is 5.69 Å². The number of amides is 1. The zero-order valence-electron chi connectivity index (χ0n) is 16.9. The standard InChI is InChI=1S/C24H21N3O2S2/c28-21(27(18-9-5-2-6-10-18)13-17-7-3-1-4-8-17)14-26-16-25-23-22(24(26)29)19-11-12-30-15-20(19)31-23/h1-10,16H,11-15H2. The number of thiophene rings is 1. The van der Waals surface area contributed by atoms with Gasteiger partial charge in [0.1, 0.15) is 11.4 Å². The number of hydrogen-bond donors (Lipinski definition) is 0. The molecule has 0 radical (unpaired) electrons. The second-order valence-electron chi connectivity index (χ2n) is 7.47. The van der Waals surface area contributed by atoms with Gasteiger partial charge in [-0.3, -0.25) is 14.2 Å². The first-order chi connectivity index (χ1) is 15.2. The number of aromatic nitrogens is 2. The lowest BCUT2D eigenvalue weighted by Crippen LogP contribution is -2.36. The van der Waals surface area contributed by atoms with Gasteiger partial charge >= 0.3 is 0 Å². The molecule has 2 aromatic heterocycles. The molecule has 0 atom stereocenters. The summed E-state index contributed by atoms with van der Waals surface area (Å²) in [4.78, 5) is 34.9. The fraction of sp³-hybridized carbons (Fsp3) is 0.208. The van der Waals surface area contributed by atoms with Crippen LogP contribution in [-0.2, 0) is 30.1 Å². The highest BCUT2D eigenvalue weighted by atomic mass is 32.2. The Morgan fingerprint density at radius 2 is 1.81 bits per heavy atom. The molecule has 0 aliphatic carbocycles. The lowest BCUT2D eigenvalue weighted by atomic mass is 10.1. The smallest absolute Gasteiger partial charge is 0.262 e. The van der Waals surface area contributed by atoms with Gasteiger partial charge in [0.05, 0.1) is 18.3 Å². The predicted molar refractivity (Wildman–Crippen MR) is 128 cm³/mol. The molecule has 0 unspecified atom stereocenters. The topological polar surface area (TPSA) is 55.2 Å². The van der Waals surface area contributed by atoms with E-state index in [4.69, 9.17) is 0 Å². The van der Waals surface area contributed by atoms with Gasteiger partial charge in [0.25, 0.3) is 5.56 Å². The Morgan fingerprint density at radius 3 is 2.58 bits per heavy atom. The fourth-order valence-electron chi connectivity index (χ4n) is 3.89. The van der Waals surface area contributed by atoms with Gasteiger partial charge in [-0.2, -0.15) is 11.8 Å². The number of rotatable bonds is 5. The summed E-state index contributed by atoms with van der Waals surface area (Å²) in [6.45, 7) is 0.405. The third-order valence-electron chi connectivity index (χ3n) is 5.45. The van der Waals surface area contributed by atoms with Crippen LogP contribution in [-0.4, -0.2) is 21.2 Å². The van der Waals surface area contributed by atoms with Crippen LogP contribution >= 0.6 is 23.1 Å². The minimum atomic E-state index is -0.141. The number of aryl methyl sites for hydroxylation is 1. The van der Waals surface area contributed by atoms with Crippen molar-refractivity contribution in [3.05, 3.63) is 93.3 Å². The van der Waals surface area contributed by atoms with Crippen molar-refractivity contribution >= 4 is 44.9 Å². The highest BCUT2D eigenvalue weighted by Crippen LogP contribution is 2.35. The van der Waals surface area contributed by atoms with Crippen molar-refractivity contribution in [1.82, 2.24) is 9.55 Å². The number of thioether (sulfide) groups is 1. The van der Waals surface area contributed by atoms with Crippen molar-refractivity contribution < 1.29 is 4.79 Å². The predicted octanol–water partition coefficient (Wildman–Crippen LogP) is 4.48. The first-order valence-corrected chi connectivity index (χ1v) is 12.1. The van der Waals surface area contributed by atoms with Crippen LogP contribution in [0.3, 0.4) is 0 Å². The Labute approximate surface area is 188 Å². The molecule has 0 saturated heterocycles. The van der Waals surface area contributed by atoms with E-state index in [1.165, 1.54) is 15.8 Å². The molecule has 2 aromatic carbocycles. The molecule has 5 rings (SSSR count). The lowest BCUT2D eigenvalue weighted by molar-refractivity contribution is -0.119. The molecule has 156 valence electrons. The molecule has 1 aliphatic heterocycles. The second-order valence-corrected chi connectivity index (χ2v) is 9.65. The summed E-state index contributed by atoms with van der Waals surface area (Å²) in [5, 5.41) is 0.699. The third-order valence-corrected chi connectivity index (χ3v) is 7.76. The number of carbonyl (C=O) groups is 1. The Bertz CT molecular complexity index is 1280. The van der Waals surface area contributed by atoms with Crippen molar-refractivity contribution in [3.8, 4) is 0 Å². The number of hydrogen-bond acceptors (Lipinski definition) is 5. The molecular formula is C24H21N3O2S2. The molecule has 0 saturated carbocycles.